The quantitative estimate of drug-likeness (QED) is 0.300. The van der Waals surface area contributed by atoms with Gasteiger partial charge >= 0.3 is 6.36 Å². The van der Waals surface area contributed by atoms with Crippen molar-refractivity contribution in [3.05, 3.63) is 88.9 Å². The SMILES string of the molecule is O=C(c1cscn1)N(Cc1cccc(OC(F)(F)F)c1)CC1C2CN(Cc3cccn3-c3ncccn3)CC21. The second-order valence-electron chi connectivity index (χ2n) is 9.86. The van der Waals surface area contributed by atoms with E-state index in [0.29, 0.717) is 41.5 Å². The largest absolute Gasteiger partial charge is 0.573 e. The fourth-order valence-corrected chi connectivity index (χ4v) is 6.06. The second kappa shape index (κ2) is 10.4. The molecule has 1 aromatic carbocycles. The summed E-state index contributed by atoms with van der Waals surface area (Å²) in [7, 11) is 0. The van der Waals surface area contributed by atoms with Crippen molar-refractivity contribution in [2.75, 3.05) is 19.6 Å². The number of amides is 1. The van der Waals surface area contributed by atoms with Gasteiger partial charge in [-0.3, -0.25) is 14.3 Å². The number of alkyl halides is 3. The maximum Gasteiger partial charge on any atom is 0.573 e. The number of piperidine rings is 1. The molecule has 1 saturated carbocycles. The van der Waals surface area contributed by atoms with Crippen LogP contribution in [0, 0.1) is 17.8 Å². The van der Waals surface area contributed by atoms with Gasteiger partial charge in [0.1, 0.15) is 11.4 Å². The molecule has 2 unspecified atom stereocenters. The van der Waals surface area contributed by atoms with Gasteiger partial charge in [0, 0.05) is 62.4 Å². The normalized spacial score (nSPS) is 20.5. The lowest BCUT2D eigenvalue weighted by Crippen LogP contribution is -2.35. The average molecular weight is 555 g/mol. The lowest BCUT2D eigenvalue weighted by molar-refractivity contribution is -0.274. The van der Waals surface area contributed by atoms with E-state index in [4.69, 9.17) is 0 Å². The molecule has 4 heterocycles. The van der Waals surface area contributed by atoms with Crippen molar-refractivity contribution in [3.63, 3.8) is 0 Å². The summed E-state index contributed by atoms with van der Waals surface area (Å²) in [5, 5.41) is 1.69. The maximum absolute atomic E-state index is 13.3. The molecule has 6 rings (SSSR count). The van der Waals surface area contributed by atoms with E-state index >= 15 is 0 Å². The minimum Gasteiger partial charge on any atom is -0.406 e. The highest BCUT2D eigenvalue weighted by Crippen LogP contribution is 2.52. The molecule has 1 aliphatic heterocycles. The maximum atomic E-state index is 13.3. The van der Waals surface area contributed by atoms with E-state index in [9.17, 15) is 18.0 Å². The van der Waals surface area contributed by atoms with Gasteiger partial charge in [-0.2, -0.15) is 0 Å². The summed E-state index contributed by atoms with van der Waals surface area (Å²) in [4.78, 5) is 30.3. The van der Waals surface area contributed by atoms with Crippen LogP contribution in [0.15, 0.2) is 71.9 Å². The monoisotopic (exact) mass is 554 g/mol. The lowest BCUT2D eigenvalue weighted by atomic mass is 10.1. The molecule has 0 radical (unpaired) electrons. The summed E-state index contributed by atoms with van der Waals surface area (Å²) in [6, 6.07) is 11.6. The van der Waals surface area contributed by atoms with Gasteiger partial charge in [-0.15, -0.1) is 24.5 Å². The summed E-state index contributed by atoms with van der Waals surface area (Å²) in [5.41, 5.74) is 3.62. The summed E-state index contributed by atoms with van der Waals surface area (Å²) >= 11 is 1.33. The van der Waals surface area contributed by atoms with Crippen LogP contribution < -0.4 is 4.74 Å². The molecular formula is C27H25F3N6O2S. The number of hydrogen-bond donors (Lipinski definition) is 0. The van der Waals surface area contributed by atoms with Crippen LogP contribution in [-0.4, -0.2) is 61.2 Å². The molecule has 2 aliphatic rings. The van der Waals surface area contributed by atoms with Gasteiger partial charge in [0.25, 0.3) is 5.91 Å². The van der Waals surface area contributed by atoms with E-state index in [1.54, 1.807) is 40.3 Å². The molecule has 0 N–H and O–H groups in total. The van der Waals surface area contributed by atoms with Crippen LogP contribution in [0.5, 0.6) is 5.75 Å². The number of hydrogen-bond acceptors (Lipinski definition) is 7. The molecule has 1 amide bonds. The Labute approximate surface area is 226 Å². The standard InChI is InChI=1S/C27H25F3N6O2S/c28-27(29,30)38-20-6-1-4-18(10-20)11-35(25(37)24-16-39-17-33-24)15-23-21-13-34(14-22(21)23)12-19-5-2-9-36(19)26-31-7-3-8-32-26/h1-10,16-17,21-23H,11-15H2. The Morgan fingerprint density at radius 3 is 2.59 bits per heavy atom. The van der Waals surface area contributed by atoms with Crippen molar-refractivity contribution in [2.45, 2.75) is 19.5 Å². The first kappa shape index (κ1) is 25.5. The van der Waals surface area contributed by atoms with Crippen LogP contribution >= 0.6 is 11.3 Å². The van der Waals surface area contributed by atoms with Gasteiger partial charge in [-0.25, -0.2) is 15.0 Å². The first-order chi connectivity index (χ1) is 18.8. The number of aromatic nitrogens is 4. The fourth-order valence-electron chi connectivity index (χ4n) is 5.54. The predicted molar refractivity (Wildman–Crippen MR) is 137 cm³/mol. The number of nitrogens with zero attached hydrogens (tertiary/aromatic N) is 6. The molecule has 0 bridgehead atoms. The highest BCUT2D eigenvalue weighted by Gasteiger charge is 2.56. The molecule has 1 aliphatic carbocycles. The van der Waals surface area contributed by atoms with Gasteiger partial charge in [0.05, 0.1) is 5.51 Å². The molecule has 4 aromatic rings. The van der Waals surface area contributed by atoms with E-state index in [1.807, 2.05) is 16.8 Å². The predicted octanol–water partition coefficient (Wildman–Crippen LogP) is 4.64. The number of thiazole rings is 1. The zero-order valence-corrected chi connectivity index (χ0v) is 21.6. The van der Waals surface area contributed by atoms with Crippen molar-refractivity contribution in [3.8, 4) is 11.7 Å². The van der Waals surface area contributed by atoms with Crippen molar-refractivity contribution < 1.29 is 22.7 Å². The third-order valence-electron chi connectivity index (χ3n) is 7.31. The smallest absolute Gasteiger partial charge is 0.406 e. The topological polar surface area (TPSA) is 76.4 Å². The van der Waals surface area contributed by atoms with E-state index in [-0.39, 0.29) is 18.2 Å². The highest BCUT2D eigenvalue weighted by molar-refractivity contribution is 7.07. The number of carbonyl (C=O) groups excluding carboxylic acids is 1. The highest BCUT2D eigenvalue weighted by atomic mass is 32.1. The third kappa shape index (κ3) is 5.81. The van der Waals surface area contributed by atoms with Crippen molar-refractivity contribution in [2.24, 2.45) is 17.8 Å². The minimum atomic E-state index is -4.78. The van der Waals surface area contributed by atoms with Gasteiger partial charge < -0.3 is 9.64 Å². The second-order valence-corrected chi connectivity index (χ2v) is 10.6. The number of rotatable bonds is 9. The van der Waals surface area contributed by atoms with Crippen LogP contribution in [-0.2, 0) is 13.1 Å². The molecular weight excluding hydrogens is 529 g/mol. The van der Waals surface area contributed by atoms with Crippen LogP contribution in [0.1, 0.15) is 21.7 Å². The zero-order valence-electron chi connectivity index (χ0n) is 20.7. The summed E-state index contributed by atoms with van der Waals surface area (Å²) < 4.78 is 44.2. The Morgan fingerprint density at radius 2 is 1.87 bits per heavy atom. The van der Waals surface area contributed by atoms with E-state index < -0.39 is 6.36 Å². The Kier molecular flexibility index (Phi) is 6.81. The van der Waals surface area contributed by atoms with Crippen molar-refractivity contribution >= 4 is 17.2 Å². The van der Waals surface area contributed by atoms with E-state index in [0.717, 1.165) is 25.3 Å². The van der Waals surface area contributed by atoms with Crippen LogP contribution in [0.2, 0.25) is 0 Å². The first-order valence-corrected chi connectivity index (χ1v) is 13.5. The number of likely N-dealkylation sites (tertiary alicyclic amines) is 1. The molecule has 2 fully saturated rings. The first-order valence-electron chi connectivity index (χ1n) is 12.5. The van der Waals surface area contributed by atoms with Gasteiger partial charge in [0.2, 0.25) is 5.95 Å². The Bertz CT molecular complexity index is 1420. The van der Waals surface area contributed by atoms with Crippen molar-refractivity contribution in [1.29, 1.82) is 0 Å². The Hall–Kier alpha value is -3.77. The summed E-state index contributed by atoms with van der Waals surface area (Å²) in [5.74, 6) is 1.38. The molecule has 3 aromatic heterocycles. The number of benzene rings is 1. The van der Waals surface area contributed by atoms with E-state index in [2.05, 4.69) is 30.7 Å². The molecule has 1 saturated heterocycles. The van der Waals surface area contributed by atoms with Crippen molar-refractivity contribution in [1.82, 2.24) is 29.3 Å². The Morgan fingerprint density at radius 1 is 1.08 bits per heavy atom. The van der Waals surface area contributed by atoms with Gasteiger partial charge in [-0.05, 0) is 53.6 Å². The third-order valence-corrected chi connectivity index (χ3v) is 7.90. The number of halogens is 3. The van der Waals surface area contributed by atoms with Crippen LogP contribution in [0.4, 0.5) is 13.2 Å². The molecule has 39 heavy (non-hydrogen) atoms. The minimum absolute atomic E-state index is 0.176. The van der Waals surface area contributed by atoms with Crippen LogP contribution in [0.25, 0.3) is 5.95 Å². The van der Waals surface area contributed by atoms with Gasteiger partial charge in [-0.1, -0.05) is 12.1 Å². The van der Waals surface area contributed by atoms with Gasteiger partial charge in [0.15, 0.2) is 0 Å². The molecule has 12 heteroatoms. The fraction of sp³-hybridized carbons (Fsp3) is 0.333. The zero-order chi connectivity index (χ0) is 27.0. The number of carbonyl (C=O) groups is 1. The number of ether oxygens (including phenoxy) is 1. The number of fused-ring (bicyclic) bond motifs is 1. The molecule has 2 atom stereocenters. The lowest BCUT2D eigenvalue weighted by Gasteiger charge is -2.25. The molecule has 202 valence electrons. The summed E-state index contributed by atoms with van der Waals surface area (Å²) in [6.45, 7) is 3.32. The van der Waals surface area contributed by atoms with E-state index in [1.165, 1.54) is 29.5 Å². The Balaban J connectivity index is 1.11. The average Bonchev–Trinajstić information content (AvgIpc) is 3.44. The summed E-state index contributed by atoms with van der Waals surface area (Å²) in [6.07, 6.45) is 0.628. The molecule has 0 spiro atoms. The van der Waals surface area contributed by atoms with Crippen LogP contribution in [0.3, 0.4) is 0 Å². The molecule has 8 nitrogen and oxygen atoms in total.